The third kappa shape index (κ3) is 4.48. The van der Waals surface area contributed by atoms with Crippen molar-refractivity contribution < 1.29 is 4.79 Å². The fourth-order valence-electron chi connectivity index (χ4n) is 3.76. The number of amides is 1. The first-order valence-corrected chi connectivity index (χ1v) is 9.85. The molecule has 2 atom stereocenters. The van der Waals surface area contributed by atoms with Gasteiger partial charge in [0.2, 0.25) is 0 Å². The second kappa shape index (κ2) is 8.63. The first-order chi connectivity index (χ1) is 12.6. The molecule has 1 saturated carbocycles. The second-order valence-electron chi connectivity index (χ2n) is 7.35. The number of nitrogens with zero attached hydrogens (tertiary/aromatic N) is 3. The fourth-order valence-corrected chi connectivity index (χ4v) is 3.89. The molecule has 0 spiro atoms. The molecule has 0 bridgehead atoms. The van der Waals surface area contributed by atoms with Crippen molar-refractivity contribution in [2.75, 3.05) is 13.1 Å². The summed E-state index contributed by atoms with van der Waals surface area (Å²) in [4.78, 5) is 15.2. The number of halogens is 2. The molecule has 4 rings (SSSR count). The zero-order valence-corrected chi connectivity index (χ0v) is 17.0. The highest BCUT2D eigenvalue weighted by atomic mass is 35.5. The van der Waals surface area contributed by atoms with E-state index in [0.717, 1.165) is 44.3 Å². The number of carbonyl (C=O) groups is 1. The number of benzene rings is 1. The minimum atomic E-state index is 0. The van der Waals surface area contributed by atoms with E-state index in [-0.39, 0.29) is 24.4 Å². The SMILES string of the molecule is CC(c1ccc(Cl)cc1)N(C(=O)c1ccn(C2CCCNC2)n1)C1CC1.Cl. The third-order valence-electron chi connectivity index (χ3n) is 5.42. The number of aromatic nitrogens is 2. The molecule has 1 saturated heterocycles. The molecule has 2 heterocycles. The molecular weight excluding hydrogens is 383 g/mol. The second-order valence-corrected chi connectivity index (χ2v) is 7.79. The van der Waals surface area contributed by atoms with Gasteiger partial charge in [-0.2, -0.15) is 5.10 Å². The Labute approximate surface area is 171 Å². The number of carbonyl (C=O) groups excluding carboxylic acids is 1. The van der Waals surface area contributed by atoms with Crippen LogP contribution in [0.3, 0.4) is 0 Å². The van der Waals surface area contributed by atoms with Crippen LogP contribution in [0.25, 0.3) is 0 Å². The number of nitrogens with one attached hydrogen (secondary N) is 1. The predicted octanol–water partition coefficient (Wildman–Crippen LogP) is 4.25. The third-order valence-corrected chi connectivity index (χ3v) is 5.67. The Kier molecular flexibility index (Phi) is 6.45. The molecule has 1 N–H and O–H groups in total. The Hall–Kier alpha value is -1.56. The lowest BCUT2D eigenvalue weighted by Gasteiger charge is -2.29. The minimum Gasteiger partial charge on any atom is -0.328 e. The number of hydrogen-bond donors (Lipinski definition) is 1. The van der Waals surface area contributed by atoms with Crippen molar-refractivity contribution >= 4 is 29.9 Å². The number of piperidine rings is 1. The lowest BCUT2D eigenvalue weighted by molar-refractivity contribution is 0.0666. The van der Waals surface area contributed by atoms with Gasteiger partial charge >= 0.3 is 0 Å². The summed E-state index contributed by atoms with van der Waals surface area (Å²) in [7, 11) is 0. The minimum absolute atomic E-state index is 0. The van der Waals surface area contributed by atoms with E-state index in [2.05, 4.69) is 17.3 Å². The van der Waals surface area contributed by atoms with Crippen molar-refractivity contribution in [1.82, 2.24) is 20.0 Å². The van der Waals surface area contributed by atoms with E-state index in [1.807, 2.05) is 46.1 Å². The first-order valence-electron chi connectivity index (χ1n) is 9.47. The Morgan fingerprint density at radius 1 is 1.26 bits per heavy atom. The van der Waals surface area contributed by atoms with Crippen LogP contribution in [0, 0.1) is 0 Å². The van der Waals surface area contributed by atoms with Crippen LogP contribution in [-0.2, 0) is 0 Å². The molecule has 2 aromatic rings. The Morgan fingerprint density at radius 3 is 2.63 bits per heavy atom. The summed E-state index contributed by atoms with van der Waals surface area (Å²) < 4.78 is 1.96. The molecule has 2 fully saturated rings. The van der Waals surface area contributed by atoms with E-state index in [9.17, 15) is 4.79 Å². The van der Waals surface area contributed by atoms with Gasteiger partial charge in [0.05, 0.1) is 12.1 Å². The van der Waals surface area contributed by atoms with Crippen LogP contribution in [0.5, 0.6) is 0 Å². The number of hydrogen-bond acceptors (Lipinski definition) is 3. The highest BCUT2D eigenvalue weighted by Gasteiger charge is 2.37. The van der Waals surface area contributed by atoms with Crippen LogP contribution in [0.2, 0.25) is 5.02 Å². The summed E-state index contributed by atoms with van der Waals surface area (Å²) >= 11 is 6.01. The highest BCUT2D eigenvalue weighted by Crippen LogP contribution is 2.35. The molecule has 1 aromatic heterocycles. The van der Waals surface area contributed by atoms with Crippen molar-refractivity contribution in [1.29, 1.82) is 0 Å². The van der Waals surface area contributed by atoms with Gasteiger partial charge in [-0.3, -0.25) is 9.48 Å². The van der Waals surface area contributed by atoms with Crippen LogP contribution in [-0.4, -0.2) is 39.7 Å². The average molecular weight is 409 g/mol. The van der Waals surface area contributed by atoms with Crippen LogP contribution in [0.1, 0.15) is 60.7 Å². The largest absolute Gasteiger partial charge is 0.328 e. The molecule has 2 aliphatic rings. The van der Waals surface area contributed by atoms with Gasteiger partial charge in [0, 0.05) is 23.8 Å². The predicted molar refractivity (Wildman–Crippen MR) is 110 cm³/mol. The smallest absolute Gasteiger partial charge is 0.275 e. The normalized spacial score (nSPS) is 20.6. The Morgan fingerprint density at radius 2 is 2.00 bits per heavy atom. The maximum atomic E-state index is 13.2. The Bertz CT molecular complexity index is 767. The van der Waals surface area contributed by atoms with E-state index >= 15 is 0 Å². The molecule has 1 amide bonds. The first kappa shape index (κ1) is 20.2. The molecule has 1 aliphatic heterocycles. The molecule has 0 radical (unpaired) electrons. The van der Waals surface area contributed by atoms with Crippen LogP contribution < -0.4 is 5.32 Å². The van der Waals surface area contributed by atoms with Crippen LogP contribution in [0.4, 0.5) is 0 Å². The molecule has 2 unspecified atom stereocenters. The summed E-state index contributed by atoms with van der Waals surface area (Å²) in [6, 6.07) is 10.3. The van der Waals surface area contributed by atoms with Gasteiger partial charge in [0.15, 0.2) is 0 Å². The molecular formula is C20H26Cl2N4O. The maximum Gasteiger partial charge on any atom is 0.275 e. The van der Waals surface area contributed by atoms with E-state index in [4.69, 9.17) is 11.6 Å². The van der Waals surface area contributed by atoms with E-state index in [0.29, 0.717) is 22.8 Å². The summed E-state index contributed by atoms with van der Waals surface area (Å²) in [5.74, 6) is 0.0254. The number of rotatable bonds is 5. The summed E-state index contributed by atoms with van der Waals surface area (Å²) in [6.45, 7) is 4.07. The van der Waals surface area contributed by atoms with E-state index in [1.54, 1.807) is 0 Å². The monoisotopic (exact) mass is 408 g/mol. The zero-order valence-electron chi connectivity index (χ0n) is 15.5. The topological polar surface area (TPSA) is 50.2 Å². The molecule has 27 heavy (non-hydrogen) atoms. The molecule has 1 aliphatic carbocycles. The van der Waals surface area contributed by atoms with Crippen LogP contribution in [0.15, 0.2) is 36.5 Å². The van der Waals surface area contributed by atoms with Gasteiger partial charge in [0.1, 0.15) is 5.69 Å². The molecule has 146 valence electrons. The van der Waals surface area contributed by atoms with Crippen molar-refractivity contribution in [3.63, 3.8) is 0 Å². The van der Waals surface area contributed by atoms with Gasteiger partial charge in [-0.25, -0.2) is 0 Å². The van der Waals surface area contributed by atoms with Gasteiger partial charge in [-0.15, -0.1) is 12.4 Å². The summed E-state index contributed by atoms with van der Waals surface area (Å²) in [5.41, 5.74) is 1.65. The standard InChI is InChI=1S/C20H25ClN4O.ClH/c1-14(15-4-6-16(21)7-5-15)25(17-8-9-17)20(26)19-10-12-24(23-19)18-3-2-11-22-13-18;/h4-7,10,12,14,17-18,22H,2-3,8-9,11,13H2,1H3;1H. The van der Waals surface area contributed by atoms with Crippen molar-refractivity contribution in [2.24, 2.45) is 0 Å². The van der Waals surface area contributed by atoms with Crippen molar-refractivity contribution in [3.8, 4) is 0 Å². The molecule has 1 aromatic carbocycles. The Balaban J connectivity index is 0.00000210. The maximum absolute atomic E-state index is 13.2. The fraction of sp³-hybridized carbons (Fsp3) is 0.500. The zero-order chi connectivity index (χ0) is 18.1. The lowest BCUT2D eigenvalue weighted by atomic mass is 10.1. The van der Waals surface area contributed by atoms with Crippen LogP contribution >= 0.6 is 24.0 Å². The lowest BCUT2D eigenvalue weighted by Crippen LogP contribution is -2.36. The van der Waals surface area contributed by atoms with E-state index < -0.39 is 0 Å². The summed E-state index contributed by atoms with van der Waals surface area (Å²) in [6.07, 6.45) is 6.34. The summed E-state index contributed by atoms with van der Waals surface area (Å²) in [5, 5.41) is 8.73. The van der Waals surface area contributed by atoms with Gasteiger partial charge in [-0.05, 0) is 62.9 Å². The van der Waals surface area contributed by atoms with Gasteiger partial charge in [-0.1, -0.05) is 23.7 Å². The molecule has 7 heteroatoms. The molecule has 5 nitrogen and oxygen atoms in total. The highest BCUT2D eigenvalue weighted by molar-refractivity contribution is 6.30. The van der Waals surface area contributed by atoms with Gasteiger partial charge < -0.3 is 10.2 Å². The average Bonchev–Trinajstić information content (AvgIpc) is 3.37. The van der Waals surface area contributed by atoms with Crippen molar-refractivity contribution in [3.05, 3.63) is 52.8 Å². The van der Waals surface area contributed by atoms with Crippen molar-refractivity contribution in [2.45, 2.75) is 50.7 Å². The van der Waals surface area contributed by atoms with Gasteiger partial charge in [0.25, 0.3) is 5.91 Å². The quantitative estimate of drug-likeness (QED) is 0.804. The van der Waals surface area contributed by atoms with E-state index in [1.165, 1.54) is 0 Å².